The molecule has 1 aromatic carbocycles. The van der Waals surface area contributed by atoms with Crippen LogP contribution in [-0.2, 0) is 28.9 Å². The molecule has 0 unspecified atom stereocenters. The van der Waals surface area contributed by atoms with Gasteiger partial charge in [0, 0.05) is 11.7 Å². The monoisotopic (exact) mass is 384 g/mol. The molecule has 0 N–H and O–H groups in total. The number of rotatable bonds is 8. The van der Waals surface area contributed by atoms with E-state index in [1.165, 1.54) is 14.0 Å². The quantitative estimate of drug-likeness (QED) is 0.497. The second-order valence-electron chi connectivity index (χ2n) is 5.93. The van der Waals surface area contributed by atoms with Gasteiger partial charge in [0.2, 0.25) is 0 Å². The minimum Gasteiger partial charge on any atom is -0.497 e. The number of methoxy groups -OCH3 is 1. The van der Waals surface area contributed by atoms with Crippen LogP contribution in [0.4, 0.5) is 0 Å². The first-order valence-corrected chi connectivity index (χ1v) is 10.2. The van der Waals surface area contributed by atoms with Crippen LogP contribution in [0.5, 0.6) is 5.75 Å². The lowest BCUT2D eigenvalue weighted by molar-refractivity contribution is -0.164. The van der Waals surface area contributed by atoms with Gasteiger partial charge in [-0.05, 0) is 31.5 Å². The van der Waals surface area contributed by atoms with Crippen LogP contribution in [-0.4, -0.2) is 51.7 Å². The topological polar surface area (TPSA) is 96.0 Å². The molecule has 8 heteroatoms. The molecule has 2 rings (SSSR count). The van der Waals surface area contributed by atoms with Crippen LogP contribution in [0.15, 0.2) is 24.3 Å². The maximum Gasteiger partial charge on any atom is 0.325 e. The van der Waals surface area contributed by atoms with Crippen molar-refractivity contribution in [3.05, 3.63) is 29.8 Å². The standard InChI is InChI=1S/C18H24O7S/c1-5-24-16(19)18(17(20)25-6-2)14(15(18)26(21,22)7-3)12-8-10-13(23-4)11-9-12/h8-11,14-15H,5-7H2,1-4H3/t14-,15+/m1/s1. The average Bonchev–Trinajstić information content (AvgIpc) is 3.35. The summed E-state index contributed by atoms with van der Waals surface area (Å²) in [5.41, 5.74) is -1.32. The highest BCUT2D eigenvalue weighted by Gasteiger charge is 2.81. The van der Waals surface area contributed by atoms with E-state index in [1.807, 2.05) is 0 Å². The highest BCUT2D eigenvalue weighted by atomic mass is 32.2. The summed E-state index contributed by atoms with van der Waals surface area (Å²) < 4.78 is 40.6. The molecular formula is C18H24O7S. The third-order valence-electron chi connectivity index (χ3n) is 4.62. The summed E-state index contributed by atoms with van der Waals surface area (Å²) in [6.07, 6.45) is 0. The van der Waals surface area contributed by atoms with E-state index in [0.717, 1.165) is 0 Å². The molecule has 0 amide bonds. The molecular weight excluding hydrogens is 360 g/mol. The molecule has 0 aromatic heterocycles. The minimum absolute atomic E-state index is 0.0359. The number of benzene rings is 1. The molecule has 7 nitrogen and oxygen atoms in total. The van der Waals surface area contributed by atoms with E-state index in [4.69, 9.17) is 14.2 Å². The third kappa shape index (κ3) is 3.18. The lowest BCUT2D eigenvalue weighted by Gasteiger charge is -2.15. The second-order valence-corrected chi connectivity index (χ2v) is 8.34. The van der Waals surface area contributed by atoms with E-state index in [1.54, 1.807) is 38.1 Å². The van der Waals surface area contributed by atoms with E-state index in [0.29, 0.717) is 11.3 Å². The van der Waals surface area contributed by atoms with E-state index >= 15 is 0 Å². The summed E-state index contributed by atoms with van der Waals surface area (Å²) in [6, 6.07) is 6.62. The molecule has 144 valence electrons. The SMILES string of the molecule is CCOC(=O)C1(C(=O)OCC)[C@H](c2ccc(OC)cc2)[C@@H]1S(=O)(=O)CC. The smallest absolute Gasteiger partial charge is 0.325 e. The van der Waals surface area contributed by atoms with Crippen molar-refractivity contribution in [3.63, 3.8) is 0 Å². The highest BCUT2D eigenvalue weighted by Crippen LogP contribution is 2.64. The minimum atomic E-state index is -3.71. The van der Waals surface area contributed by atoms with Gasteiger partial charge in [0.1, 0.15) is 5.75 Å². The Hall–Kier alpha value is -2.09. The fourth-order valence-corrected chi connectivity index (χ4v) is 5.32. The molecule has 1 aliphatic carbocycles. The van der Waals surface area contributed by atoms with Crippen molar-refractivity contribution in [2.24, 2.45) is 5.41 Å². The van der Waals surface area contributed by atoms with Gasteiger partial charge in [0.25, 0.3) is 0 Å². The number of carbonyl (C=O) groups excluding carboxylic acids is 2. The van der Waals surface area contributed by atoms with Crippen LogP contribution < -0.4 is 4.74 Å². The van der Waals surface area contributed by atoms with E-state index in [2.05, 4.69) is 0 Å². The van der Waals surface area contributed by atoms with Crippen molar-refractivity contribution in [2.75, 3.05) is 26.1 Å². The number of hydrogen-bond donors (Lipinski definition) is 0. The molecule has 0 spiro atoms. The Morgan fingerprint density at radius 1 is 1.00 bits per heavy atom. The Morgan fingerprint density at radius 3 is 1.88 bits per heavy atom. The summed E-state index contributed by atoms with van der Waals surface area (Å²) >= 11 is 0. The summed E-state index contributed by atoms with van der Waals surface area (Å²) in [4.78, 5) is 25.4. The lowest BCUT2D eigenvalue weighted by Crippen LogP contribution is -2.36. The predicted molar refractivity (Wildman–Crippen MR) is 94.7 cm³/mol. The Kier molecular flexibility index (Phi) is 5.95. The first kappa shape index (κ1) is 20.2. The summed E-state index contributed by atoms with van der Waals surface area (Å²) in [6.45, 7) is 4.76. The maximum absolute atomic E-state index is 12.7. The highest BCUT2D eigenvalue weighted by molar-refractivity contribution is 7.92. The molecule has 1 aliphatic rings. The zero-order chi connectivity index (χ0) is 19.5. The molecule has 0 heterocycles. The summed E-state index contributed by atoms with van der Waals surface area (Å²) in [5.74, 6) is -2.17. The molecule has 0 radical (unpaired) electrons. The molecule has 0 bridgehead atoms. The summed E-state index contributed by atoms with van der Waals surface area (Å²) in [5, 5.41) is -1.20. The molecule has 1 aromatic rings. The number of ether oxygens (including phenoxy) is 3. The first-order chi connectivity index (χ1) is 12.3. The number of esters is 2. The molecule has 1 saturated carbocycles. The summed E-state index contributed by atoms with van der Waals surface area (Å²) in [7, 11) is -2.19. The van der Waals surface area contributed by atoms with Gasteiger partial charge in [-0.3, -0.25) is 9.59 Å². The fourth-order valence-electron chi connectivity index (χ4n) is 3.35. The molecule has 0 aliphatic heterocycles. The van der Waals surface area contributed by atoms with Gasteiger partial charge in [0.15, 0.2) is 15.3 Å². The van der Waals surface area contributed by atoms with Gasteiger partial charge in [-0.25, -0.2) is 8.42 Å². The Morgan fingerprint density at radius 2 is 1.50 bits per heavy atom. The van der Waals surface area contributed by atoms with Crippen molar-refractivity contribution < 1.29 is 32.2 Å². The van der Waals surface area contributed by atoms with E-state index in [9.17, 15) is 18.0 Å². The predicted octanol–water partition coefficient (Wildman–Crippen LogP) is 1.71. The second kappa shape index (κ2) is 7.65. The fraction of sp³-hybridized carbons (Fsp3) is 0.556. The van der Waals surface area contributed by atoms with E-state index in [-0.39, 0.29) is 19.0 Å². The molecule has 0 saturated heterocycles. The van der Waals surface area contributed by atoms with Crippen LogP contribution in [0.2, 0.25) is 0 Å². The van der Waals surface area contributed by atoms with Crippen molar-refractivity contribution in [1.29, 1.82) is 0 Å². The third-order valence-corrected chi connectivity index (χ3v) is 6.85. The van der Waals surface area contributed by atoms with Crippen molar-refractivity contribution >= 4 is 21.8 Å². The first-order valence-electron chi connectivity index (χ1n) is 8.51. The van der Waals surface area contributed by atoms with Crippen LogP contribution >= 0.6 is 0 Å². The molecule has 26 heavy (non-hydrogen) atoms. The van der Waals surface area contributed by atoms with Gasteiger partial charge in [-0.2, -0.15) is 0 Å². The molecule has 2 atom stereocenters. The Labute approximate surface area is 153 Å². The van der Waals surface area contributed by atoms with E-state index < -0.39 is 38.4 Å². The van der Waals surface area contributed by atoms with Crippen LogP contribution in [0, 0.1) is 5.41 Å². The van der Waals surface area contributed by atoms with Crippen LogP contribution in [0.3, 0.4) is 0 Å². The van der Waals surface area contributed by atoms with Crippen molar-refractivity contribution in [2.45, 2.75) is 31.9 Å². The van der Waals surface area contributed by atoms with Crippen LogP contribution in [0.1, 0.15) is 32.3 Å². The van der Waals surface area contributed by atoms with Gasteiger partial charge >= 0.3 is 11.9 Å². The number of carbonyl (C=O) groups is 2. The average molecular weight is 384 g/mol. The van der Waals surface area contributed by atoms with Gasteiger partial charge in [0.05, 0.1) is 25.6 Å². The van der Waals surface area contributed by atoms with Crippen molar-refractivity contribution in [1.82, 2.24) is 0 Å². The number of hydrogen-bond acceptors (Lipinski definition) is 7. The number of sulfone groups is 1. The maximum atomic E-state index is 12.7. The lowest BCUT2D eigenvalue weighted by atomic mass is 9.99. The zero-order valence-electron chi connectivity index (χ0n) is 15.4. The normalized spacial score (nSPS) is 20.9. The Balaban J connectivity index is 2.59. The van der Waals surface area contributed by atoms with Crippen molar-refractivity contribution in [3.8, 4) is 5.75 Å². The largest absolute Gasteiger partial charge is 0.497 e. The zero-order valence-corrected chi connectivity index (χ0v) is 16.2. The van der Waals surface area contributed by atoms with Gasteiger partial charge < -0.3 is 14.2 Å². The van der Waals surface area contributed by atoms with Gasteiger partial charge in [-0.1, -0.05) is 19.1 Å². The molecule has 1 fully saturated rings. The Bertz CT molecular complexity index is 749. The van der Waals surface area contributed by atoms with Gasteiger partial charge in [-0.15, -0.1) is 0 Å². The van der Waals surface area contributed by atoms with Crippen LogP contribution in [0.25, 0.3) is 0 Å².